The molecule has 2 aliphatic rings. The molecule has 5 rings (SSSR count). The van der Waals surface area contributed by atoms with Crippen LogP contribution < -0.4 is 10.1 Å². The lowest BCUT2D eigenvalue weighted by molar-refractivity contribution is 0.0597. The van der Waals surface area contributed by atoms with E-state index in [1.165, 1.54) is 5.56 Å². The van der Waals surface area contributed by atoms with Gasteiger partial charge in [-0.1, -0.05) is 47.1 Å². The Balaban J connectivity index is 1.11. The molecule has 0 atom stereocenters. The van der Waals surface area contributed by atoms with Gasteiger partial charge < -0.3 is 24.2 Å². The molecule has 192 valence electrons. The Morgan fingerprint density at radius 3 is 2.58 bits per heavy atom. The minimum Gasteiger partial charge on any atom is -0.496 e. The molecule has 3 aromatic rings. The van der Waals surface area contributed by atoms with Gasteiger partial charge in [0, 0.05) is 31.3 Å². The number of hydrogen-bond acceptors (Lipinski definition) is 7. The number of hydrogen-bond donors (Lipinski definition) is 1. The van der Waals surface area contributed by atoms with Gasteiger partial charge in [-0.05, 0) is 74.0 Å². The molecule has 0 bridgehead atoms. The molecule has 36 heavy (non-hydrogen) atoms. The zero-order valence-corrected chi connectivity index (χ0v) is 21.7. The fourth-order valence-corrected chi connectivity index (χ4v) is 5.68. The SMILES string of the molecule is COc1ccccc1C1CCN(CCNCc2nc(C3(c4ccc(Cl)cc4)CCOCC3)no2)CC1. The molecule has 1 aromatic heterocycles. The minimum atomic E-state index is -0.295. The molecule has 1 N–H and O–H groups in total. The Labute approximate surface area is 218 Å². The maximum atomic E-state index is 6.13. The second kappa shape index (κ2) is 11.7. The van der Waals surface area contributed by atoms with Gasteiger partial charge in [0.1, 0.15) is 5.75 Å². The van der Waals surface area contributed by atoms with Crippen molar-refractivity contribution in [3.05, 3.63) is 76.4 Å². The zero-order valence-electron chi connectivity index (χ0n) is 20.9. The fraction of sp³-hybridized carbons (Fsp3) is 0.500. The molecular formula is C28H35ClN4O3. The molecule has 8 heteroatoms. The van der Waals surface area contributed by atoms with Crippen LogP contribution in [0.15, 0.2) is 53.1 Å². The lowest BCUT2D eigenvalue weighted by Gasteiger charge is -2.34. The van der Waals surface area contributed by atoms with E-state index < -0.39 is 0 Å². The Kier molecular flexibility index (Phi) is 8.22. The number of aromatic nitrogens is 2. The first-order valence-corrected chi connectivity index (χ1v) is 13.3. The number of nitrogens with one attached hydrogen (secondary N) is 1. The standard InChI is InChI=1S/C28H35ClN4O3/c1-34-25-5-3-2-4-24(25)21-10-15-33(16-11-21)17-14-30-20-26-31-27(32-36-26)28(12-18-35-19-13-28)22-6-8-23(29)9-7-22/h2-9,21,30H,10-20H2,1H3. The van der Waals surface area contributed by atoms with Crippen LogP contribution >= 0.6 is 11.6 Å². The number of halogens is 1. The molecule has 0 spiro atoms. The monoisotopic (exact) mass is 510 g/mol. The van der Waals surface area contributed by atoms with Crippen LogP contribution in [0, 0.1) is 0 Å². The van der Waals surface area contributed by atoms with Crippen LogP contribution in [0.25, 0.3) is 0 Å². The van der Waals surface area contributed by atoms with Crippen LogP contribution in [0.2, 0.25) is 5.02 Å². The Morgan fingerprint density at radius 1 is 1.08 bits per heavy atom. The highest BCUT2D eigenvalue weighted by Gasteiger charge is 2.40. The topological polar surface area (TPSA) is 72.7 Å². The first-order chi connectivity index (χ1) is 17.7. The molecule has 2 aliphatic heterocycles. The van der Waals surface area contributed by atoms with E-state index in [1.54, 1.807) is 7.11 Å². The normalized spacial score (nSPS) is 18.8. The van der Waals surface area contributed by atoms with Crippen molar-refractivity contribution in [2.75, 3.05) is 46.5 Å². The number of ether oxygens (including phenoxy) is 2. The van der Waals surface area contributed by atoms with Gasteiger partial charge in [-0.15, -0.1) is 0 Å². The number of rotatable bonds is 9. The Hall–Kier alpha value is -2.45. The van der Waals surface area contributed by atoms with E-state index in [0.717, 1.165) is 74.0 Å². The number of benzene rings is 2. The summed E-state index contributed by atoms with van der Waals surface area (Å²) in [5.74, 6) is 2.94. The highest BCUT2D eigenvalue weighted by atomic mass is 35.5. The Morgan fingerprint density at radius 2 is 1.83 bits per heavy atom. The van der Waals surface area contributed by atoms with Crippen LogP contribution in [-0.4, -0.2) is 61.5 Å². The van der Waals surface area contributed by atoms with Crippen molar-refractivity contribution in [3.8, 4) is 5.75 Å². The fourth-order valence-electron chi connectivity index (χ4n) is 5.55. The van der Waals surface area contributed by atoms with Crippen LogP contribution in [0.3, 0.4) is 0 Å². The highest BCUT2D eigenvalue weighted by molar-refractivity contribution is 6.30. The second-order valence-corrected chi connectivity index (χ2v) is 10.2. The minimum absolute atomic E-state index is 0.295. The summed E-state index contributed by atoms with van der Waals surface area (Å²) in [5.41, 5.74) is 2.20. The number of likely N-dealkylation sites (tertiary alicyclic amines) is 1. The first-order valence-electron chi connectivity index (χ1n) is 12.9. The van der Waals surface area contributed by atoms with Crippen molar-refractivity contribution < 1.29 is 14.0 Å². The molecule has 2 aromatic carbocycles. The van der Waals surface area contributed by atoms with Gasteiger partial charge in [0.2, 0.25) is 5.89 Å². The van der Waals surface area contributed by atoms with Crippen molar-refractivity contribution in [2.24, 2.45) is 0 Å². The average Bonchev–Trinajstić information content (AvgIpc) is 3.42. The summed E-state index contributed by atoms with van der Waals surface area (Å²) >= 11 is 6.13. The molecule has 2 fully saturated rings. The molecule has 3 heterocycles. The maximum Gasteiger partial charge on any atom is 0.240 e. The second-order valence-electron chi connectivity index (χ2n) is 9.75. The number of nitrogens with zero attached hydrogens (tertiary/aromatic N) is 3. The molecule has 0 radical (unpaired) electrons. The average molecular weight is 511 g/mol. The smallest absolute Gasteiger partial charge is 0.240 e. The molecule has 0 aliphatic carbocycles. The van der Waals surface area contributed by atoms with Crippen LogP contribution in [0.5, 0.6) is 5.75 Å². The van der Waals surface area contributed by atoms with Crippen molar-refractivity contribution >= 4 is 11.6 Å². The van der Waals surface area contributed by atoms with Gasteiger partial charge in [-0.3, -0.25) is 0 Å². The van der Waals surface area contributed by atoms with Crippen LogP contribution in [0.4, 0.5) is 0 Å². The van der Waals surface area contributed by atoms with Crippen molar-refractivity contribution in [3.63, 3.8) is 0 Å². The molecule has 0 unspecified atom stereocenters. The summed E-state index contributed by atoms with van der Waals surface area (Å²) < 4.78 is 16.9. The largest absolute Gasteiger partial charge is 0.496 e. The Bertz CT molecular complexity index is 1110. The predicted molar refractivity (Wildman–Crippen MR) is 140 cm³/mol. The quantitative estimate of drug-likeness (QED) is 0.414. The predicted octanol–water partition coefficient (Wildman–Crippen LogP) is 4.80. The molecule has 0 amide bonds. The van der Waals surface area contributed by atoms with Gasteiger partial charge in [0.15, 0.2) is 5.82 Å². The zero-order chi connectivity index (χ0) is 24.8. The van der Waals surface area contributed by atoms with Gasteiger partial charge in [0.05, 0.1) is 19.1 Å². The summed E-state index contributed by atoms with van der Waals surface area (Å²) in [6.45, 7) is 6.01. The van der Waals surface area contributed by atoms with E-state index in [-0.39, 0.29) is 5.41 Å². The van der Waals surface area contributed by atoms with Gasteiger partial charge in [-0.2, -0.15) is 4.98 Å². The number of para-hydroxylation sites is 1. The summed E-state index contributed by atoms with van der Waals surface area (Å²) in [4.78, 5) is 7.32. The number of methoxy groups -OCH3 is 1. The van der Waals surface area contributed by atoms with Crippen molar-refractivity contribution in [1.82, 2.24) is 20.4 Å². The van der Waals surface area contributed by atoms with Crippen molar-refractivity contribution in [2.45, 2.75) is 43.6 Å². The van der Waals surface area contributed by atoms with E-state index in [9.17, 15) is 0 Å². The van der Waals surface area contributed by atoms with Crippen LogP contribution in [-0.2, 0) is 16.7 Å². The van der Waals surface area contributed by atoms with E-state index >= 15 is 0 Å². The molecular weight excluding hydrogens is 476 g/mol. The highest BCUT2D eigenvalue weighted by Crippen LogP contribution is 2.40. The summed E-state index contributed by atoms with van der Waals surface area (Å²) in [5, 5.41) is 8.61. The summed E-state index contributed by atoms with van der Waals surface area (Å²) in [6.07, 6.45) is 3.96. The van der Waals surface area contributed by atoms with Gasteiger partial charge in [0.25, 0.3) is 0 Å². The third-order valence-electron chi connectivity index (χ3n) is 7.69. The number of piperidine rings is 1. The van der Waals surface area contributed by atoms with Gasteiger partial charge >= 0.3 is 0 Å². The van der Waals surface area contributed by atoms with Crippen molar-refractivity contribution in [1.29, 1.82) is 0 Å². The van der Waals surface area contributed by atoms with E-state index in [4.69, 9.17) is 30.6 Å². The van der Waals surface area contributed by atoms with Crippen LogP contribution in [0.1, 0.15) is 54.4 Å². The lowest BCUT2D eigenvalue weighted by Crippen LogP contribution is -2.37. The molecule has 0 saturated carbocycles. The van der Waals surface area contributed by atoms with E-state index in [2.05, 4.69) is 45.7 Å². The molecule has 7 nitrogen and oxygen atoms in total. The first kappa shape index (κ1) is 25.2. The third-order valence-corrected chi connectivity index (χ3v) is 7.94. The lowest BCUT2D eigenvalue weighted by atomic mass is 9.73. The third kappa shape index (κ3) is 5.59. The van der Waals surface area contributed by atoms with Gasteiger partial charge in [-0.25, -0.2) is 0 Å². The van der Waals surface area contributed by atoms with E-state index in [0.29, 0.717) is 31.6 Å². The molecule has 2 saturated heterocycles. The van der Waals surface area contributed by atoms with E-state index in [1.807, 2.05) is 18.2 Å². The summed E-state index contributed by atoms with van der Waals surface area (Å²) in [6, 6.07) is 16.4. The maximum absolute atomic E-state index is 6.13. The summed E-state index contributed by atoms with van der Waals surface area (Å²) in [7, 11) is 1.76.